The second-order valence-electron chi connectivity index (χ2n) is 5.45. The molecule has 0 aliphatic carbocycles. The molecule has 0 aromatic heterocycles. The van der Waals surface area contributed by atoms with Crippen molar-refractivity contribution in [3.8, 4) is 5.75 Å². The molecule has 17 heavy (non-hydrogen) atoms. The number of hydrogen-bond acceptors (Lipinski definition) is 2. The van der Waals surface area contributed by atoms with Gasteiger partial charge in [0, 0.05) is 0 Å². The van der Waals surface area contributed by atoms with Crippen molar-refractivity contribution in [3.63, 3.8) is 0 Å². The summed E-state index contributed by atoms with van der Waals surface area (Å²) in [6.45, 7) is 6.84. The van der Waals surface area contributed by atoms with E-state index in [4.69, 9.17) is 0 Å². The third-order valence-electron chi connectivity index (χ3n) is 3.87. The van der Waals surface area contributed by atoms with Crippen LogP contribution >= 0.6 is 0 Å². The largest absolute Gasteiger partial charge is 0.508 e. The predicted molar refractivity (Wildman–Crippen MR) is 71.3 cm³/mol. The van der Waals surface area contributed by atoms with Crippen LogP contribution in [0.4, 0.5) is 0 Å². The molecule has 1 aliphatic rings. The fourth-order valence-electron chi connectivity index (χ4n) is 3.14. The van der Waals surface area contributed by atoms with Gasteiger partial charge in [0.25, 0.3) is 0 Å². The Kier molecular flexibility index (Phi) is 4.06. The zero-order valence-electron chi connectivity index (χ0n) is 10.8. The topological polar surface area (TPSA) is 32.3 Å². The van der Waals surface area contributed by atoms with Crippen LogP contribution in [-0.2, 0) is 0 Å². The minimum absolute atomic E-state index is 0.391. The highest BCUT2D eigenvalue weighted by Crippen LogP contribution is 2.37. The Morgan fingerprint density at radius 1 is 1.24 bits per heavy atom. The van der Waals surface area contributed by atoms with Crippen molar-refractivity contribution in [1.82, 2.24) is 5.32 Å². The molecule has 1 unspecified atom stereocenters. The van der Waals surface area contributed by atoms with Crippen molar-refractivity contribution in [3.05, 3.63) is 29.8 Å². The number of phenols is 1. The number of piperidine rings is 1. The Bertz CT molecular complexity index is 356. The van der Waals surface area contributed by atoms with Crippen LogP contribution in [0.3, 0.4) is 0 Å². The molecule has 2 nitrogen and oxygen atoms in total. The summed E-state index contributed by atoms with van der Waals surface area (Å²) < 4.78 is 0. The van der Waals surface area contributed by atoms with Crippen LogP contribution in [0, 0.1) is 11.8 Å². The molecule has 2 rings (SSSR count). The van der Waals surface area contributed by atoms with Crippen molar-refractivity contribution in [2.24, 2.45) is 11.8 Å². The van der Waals surface area contributed by atoms with E-state index < -0.39 is 0 Å². The Labute approximate surface area is 104 Å². The minimum Gasteiger partial charge on any atom is -0.508 e. The highest BCUT2D eigenvalue weighted by molar-refractivity contribution is 5.30. The quantitative estimate of drug-likeness (QED) is 0.840. The number of hydrogen-bond donors (Lipinski definition) is 2. The summed E-state index contributed by atoms with van der Waals surface area (Å²) in [5.41, 5.74) is 1.30. The van der Waals surface area contributed by atoms with Crippen LogP contribution in [0.2, 0.25) is 0 Å². The summed E-state index contributed by atoms with van der Waals surface area (Å²) in [5, 5.41) is 13.1. The Morgan fingerprint density at radius 2 is 1.94 bits per heavy atom. The van der Waals surface area contributed by atoms with E-state index in [2.05, 4.69) is 25.2 Å². The molecule has 1 aromatic rings. The van der Waals surface area contributed by atoms with Crippen LogP contribution < -0.4 is 5.32 Å². The van der Waals surface area contributed by atoms with Gasteiger partial charge < -0.3 is 10.4 Å². The molecule has 1 atom stereocenters. The zero-order chi connectivity index (χ0) is 12.3. The molecule has 0 saturated carbocycles. The molecule has 94 valence electrons. The molecule has 0 bridgehead atoms. The maximum Gasteiger partial charge on any atom is 0.115 e. The van der Waals surface area contributed by atoms with Gasteiger partial charge in [0.1, 0.15) is 5.75 Å². The van der Waals surface area contributed by atoms with E-state index in [1.807, 2.05) is 12.1 Å². The summed E-state index contributed by atoms with van der Waals surface area (Å²) in [6.07, 6.45) is 2.50. The van der Waals surface area contributed by atoms with Gasteiger partial charge in [0.05, 0.1) is 0 Å². The van der Waals surface area contributed by atoms with Crippen molar-refractivity contribution in [2.45, 2.75) is 32.6 Å². The van der Waals surface area contributed by atoms with E-state index in [0.29, 0.717) is 17.6 Å². The third kappa shape index (κ3) is 3.01. The first-order valence-corrected chi connectivity index (χ1v) is 6.68. The van der Waals surface area contributed by atoms with Crippen molar-refractivity contribution >= 4 is 0 Å². The third-order valence-corrected chi connectivity index (χ3v) is 3.87. The summed E-state index contributed by atoms with van der Waals surface area (Å²) in [4.78, 5) is 0. The van der Waals surface area contributed by atoms with E-state index in [9.17, 15) is 5.11 Å². The first kappa shape index (κ1) is 12.4. The van der Waals surface area contributed by atoms with E-state index in [1.54, 1.807) is 6.07 Å². The summed E-state index contributed by atoms with van der Waals surface area (Å²) in [6, 6.07) is 7.81. The van der Waals surface area contributed by atoms with Crippen molar-refractivity contribution in [1.29, 1.82) is 0 Å². The number of benzene rings is 1. The normalized spacial score (nSPS) is 19.5. The van der Waals surface area contributed by atoms with Gasteiger partial charge in [-0.2, -0.15) is 0 Å². The fraction of sp³-hybridized carbons (Fsp3) is 0.600. The highest BCUT2D eigenvalue weighted by Gasteiger charge is 2.27. The number of rotatable bonds is 3. The molecular weight excluding hydrogens is 210 g/mol. The van der Waals surface area contributed by atoms with Gasteiger partial charge in [0.2, 0.25) is 0 Å². The molecule has 1 heterocycles. The predicted octanol–water partition coefficient (Wildman–Crippen LogP) is 3.13. The molecular formula is C15H23NO. The lowest BCUT2D eigenvalue weighted by Crippen LogP contribution is -2.32. The number of phenolic OH excluding ortho intramolecular Hbond substituents is 1. The van der Waals surface area contributed by atoms with Gasteiger partial charge in [-0.25, -0.2) is 0 Å². The molecule has 2 heteroatoms. The van der Waals surface area contributed by atoms with E-state index in [1.165, 1.54) is 18.4 Å². The van der Waals surface area contributed by atoms with Gasteiger partial charge in [0.15, 0.2) is 0 Å². The van der Waals surface area contributed by atoms with E-state index in [-0.39, 0.29) is 0 Å². The first-order valence-electron chi connectivity index (χ1n) is 6.68. The highest BCUT2D eigenvalue weighted by atomic mass is 16.3. The fourth-order valence-corrected chi connectivity index (χ4v) is 3.14. The standard InChI is InChI=1S/C15H23NO/c1-11(2)15(12-6-8-16-9-7-12)13-4-3-5-14(17)10-13/h3-5,10-12,15-17H,6-9H2,1-2H3. The van der Waals surface area contributed by atoms with Gasteiger partial charge in [-0.3, -0.25) is 0 Å². The van der Waals surface area contributed by atoms with Gasteiger partial charge in [-0.1, -0.05) is 26.0 Å². The second-order valence-corrected chi connectivity index (χ2v) is 5.45. The van der Waals surface area contributed by atoms with Crippen LogP contribution in [0.25, 0.3) is 0 Å². The summed E-state index contributed by atoms with van der Waals surface area (Å²) in [7, 11) is 0. The van der Waals surface area contributed by atoms with Gasteiger partial charge >= 0.3 is 0 Å². The monoisotopic (exact) mass is 233 g/mol. The Morgan fingerprint density at radius 3 is 2.53 bits per heavy atom. The Hall–Kier alpha value is -1.02. The first-order chi connectivity index (χ1) is 8.18. The van der Waals surface area contributed by atoms with Crippen LogP contribution in [-0.4, -0.2) is 18.2 Å². The van der Waals surface area contributed by atoms with Gasteiger partial charge in [-0.15, -0.1) is 0 Å². The van der Waals surface area contributed by atoms with E-state index >= 15 is 0 Å². The second kappa shape index (κ2) is 5.54. The summed E-state index contributed by atoms with van der Waals surface area (Å²) >= 11 is 0. The number of nitrogens with one attached hydrogen (secondary N) is 1. The van der Waals surface area contributed by atoms with Crippen LogP contribution in [0.5, 0.6) is 5.75 Å². The molecule has 0 amide bonds. The SMILES string of the molecule is CC(C)C(c1cccc(O)c1)C1CCNCC1. The van der Waals surface area contributed by atoms with Crippen molar-refractivity contribution < 1.29 is 5.11 Å². The Balaban J connectivity index is 2.21. The molecule has 1 saturated heterocycles. The molecule has 0 spiro atoms. The average molecular weight is 233 g/mol. The van der Waals surface area contributed by atoms with Crippen molar-refractivity contribution in [2.75, 3.05) is 13.1 Å². The molecule has 1 aromatic carbocycles. The van der Waals surface area contributed by atoms with E-state index in [0.717, 1.165) is 19.0 Å². The molecule has 1 fully saturated rings. The lowest BCUT2D eigenvalue weighted by Gasteiger charge is -2.33. The maximum atomic E-state index is 9.63. The summed E-state index contributed by atoms with van der Waals surface area (Å²) in [5.74, 6) is 2.34. The number of aromatic hydroxyl groups is 1. The zero-order valence-corrected chi connectivity index (χ0v) is 10.8. The molecule has 1 aliphatic heterocycles. The minimum atomic E-state index is 0.391. The van der Waals surface area contributed by atoms with Crippen LogP contribution in [0.1, 0.15) is 38.2 Å². The van der Waals surface area contributed by atoms with Crippen LogP contribution in [0.15, 0.2) is 24.3 Å². The maximum absolute atomic E-state index is 9.63. The lowest BCUT2D eigenvalue weighted by atomic mass is 9.74. The molecule has 0 radical (unpaired) electrons. The smallest absolute Gasteiger partial charge is 0.115 e. The lowest BCUT2D eigenvalue weighted by molar-refractivity contribution is 0.271. The average Bonchev–Trinajstić information content (AvgIpc) is 2.30. The molecule has 2 N–H and O–H groups in total. The van der Waals surface area contributed by atoms with Gasteiger partial charge in [-0.05, 0) is 61.4 Å².